The van der Waals surface area contributed by atoms with E-state index in [1.54, 1.807) is 0 Å². The average molecular weight is 424 g/mol. The number of halogens is 1. The Morgan fingerprint density at radius 3 is 1.80 bits per heavy atom. The number of hydrogen-bond acceptors (Lipinski definition) is 3. The molecular formula is C25H26ClNO3. The minimum atomic E-state index is -0.697. The molecule has 0 radical (unpaired) electrons. The minimum Gasteiger partial charge on any atom is -0.412 e. The van der Waals surface area contributed by atoms with Crippen LogP contribution in [-0.4, -0.2) is 34.4 Å². The van der Waals surface area contributed by atoms with Gasteiger partial charge in [0.1, 0.15) is 0 Å². The van der Waals surface area contributed by atoms with E-state index in [1.807, 2.05) is 6.92 Å². The lowest BCUT2D eigenvalue weighted by atomic mass is 9.88. The lowest BCUT2D eigenvalue weighted by molar-refractivity contribution is 0.103. The van der Waals surface area contributed by atoms with Gasteiger partial charge in [0.15, 0.2) is 0 Å². The van der Waals surface area contributed by atoms with Crippen LogP contribution in [0, 0.1) is 0 Å². The van der Waals surface area contributed by atoms with E-state index in [9.17, 15) is 10.2 Å². The summed E-state index contributed by atoms with van der Waals surface area (Å²) in [6.45, 7) is 2.19. The summed E-state index contributed by atoms with van der Waals surface area (Å²) >= 11 is 0. The second-order valence-corrected chi connectivity index (χ2v) is 7.94. The van der Waals surface area contributed by atoms with Gasteiger partial charge >= 0.3 is 0 Å². The van der Waals surface area contributed by atoms with Gasteiger partial charge in [-0.3, -0.25) is 0 Å². The van der Waals surface area contributed by atoms with Gasteiger partial charge in [-0.2, -0.15) is 0 Å². The van der Waals surface area contributed by atoms with Gasteiger partial charge in [0, 0.05) is 6.54 Å². The molecule has 5 aromatic carbocycles. The predicted octanol–water partition coefficient (Wildman–Crippen LogP) is 4.17. The second-order valence-electron chi connectivity index (χ2n) is 7.94. The molecule has 0 aromatic heterocycles. The van der Waals surface area contributed by atoms with Crippen molar-refractivity contribution in [3.05, 3.63) is 72.3 Å². The molecule has 0 bridgehead atoms. The van der Waals surface area contributed by atoms with Gasteiger partial charge in [-0.25, -0.2) is 0 Å². The topological polar surface area (TPSA) is 84.0 Å². The van der Waals surface area contributed by atoms with Crippen molar-refractivity contribution in [1.29, 1.82) is 0 Å². The first kappa shape index (κ1) is 22.2. The summed E-state index contributed by atoms with van der Waals surface area (Å²) in [5.74, 6) is 0. The monoisotopic (exact) mass is 423 g/mol. The van der Waals surface area contributed by atoms with E-state index >= 15 is 0 Å². The number of benzene rings is 5. The Hall–Kier alpha value is -2.47. The third kappa shape index (κ3) is 3.27. The SMILES string of the molecule is CC(CO)(CO)NCc1ccc2c3cccc4cccc(c5cccc1c52)c43.Cl.O. The van der Waals surface area contributed by atoms with Gasteiger partial charge in [-0.1, -0.05) is 66.7 Å². The lowest BCUT2D eigenvalue weighted by Gasteiger charge is -2.27. The summed E-state index contributed by atoms with van der Waals surface area (Å²) in [5.41, 5.74) is 0.470. The summed E-state index contributed by atoms with van der Waals surface area (Å²) in [6.07, 6.45) is 0. The second kappa shape index (κ2) is 8.34. The van der Waals surface area contributed by atoms with Gasteiger partial charge < -0.3 is 21.0 Å². The molecule has 0 spiro atoms. The van der Waals surface area contributed by atoms with Crippen LogP contribution in [0.25, 0.3) is 43.1 Å². The van der Waals surface area contributed by atoms with Gasteiger partial charge in [-0.15, -0.1) is 12.4 Å². The van der Waals surface area contributed by atoms with E-state index in [1.165, 1.54) is 48.7 Å². The average Bonchev–Trinajstić information content (AvgIpc) is 2.75. The van der Waals surface area contributed by atoms with E-state index in [2.05, 4.69) is 72.0 Å². The molecule has 4 nitrogen and oxygen atoms in total. The summed E-state index contributed by atoms with van der Waals surface area (Å²) in [6, 6.07) is 23.9. The van der Waals surface area contributed by atoms with Crippen LogP contribution < -0.4 is 5.32 Å². The molecule has 0 atom stereocenters. The third-order valence-corrected chi connectivity index (χ3v) is 6.02. The van der Waals surface area contributed by atoms with Crippen molar-refractivity contribution in [3.8, 4) is 0 Å². The molecular weight excluding hydrogens is 398 g/mol. The van der Waals surface area contributed by atoms with Gasteiger partial charge in [0.25, 0.3) is 0 Å². The normalized spacial score (nSPS) is 11.8. The highest BCUT2D eigenvalue weighted by molar-refractivity contribution is 6.33. The van der Waals surface area contributed by atoms with Crippen LogP contribution in [0.2, 0.25) is 0 Å². The first-order chi connectivity index (χ1) is 13.6. The minimum absolute atomic E-state index is 0. The third-order valence-electron chi connectivity index (χ3n) is 6.02. The van der Waals surface area contributed by atoms with Crippen LogP contribution in [0.3, 0.4) is 0 Å². The fourth-order valence-electron chi connectivity index (χ4n) is 4.33. The molecule has 156 valence electrons. The Balaban J connectivity index is 0.00000128. The van der Waals surface area contributed by atoms with Gasteiger partial charge in [0.2, 0.25) is 0 Å². The first-order valence-electron chi connectivity index (χ1n) is 9.69. The van der Waals surface area contributed by atoms with Crippen molar-refractivity contribution in [2.75, 3.05) is 13.2 Å². The maximum Gasteiger partial charge on any atom is 0.0633 e. The Kier molecular flexibility index (Phi) is 6.18. The predicted molar refractivity (Wildman–Crippen MR) is 128 cm³/mol. The zero-order valence-corrected chi connectivity index (χ0v) is 17.6. The molecule has 0 amide bonds. The zero-order valence-electron chi connectivity index (χ0n) is 16.8. The van der Waals surface area contributed by atoms with Crippen LogP contribution in [0.5, 0.6) is 0 Å². The highest BCUT2D eigenvalue weighted by Crippen LogP contribution is 2.40. The molecule has 0 saturated heterocycles. The molecule has 0 fully saturated rings. The van der Waals surface area contributed by atoms with Crippen molar-refractivity contribution in [3.63, 3.8) is 0 Å². The van der Waals surface area contributed by atoms with E-state index in [0.717, 1.165) is 0 Å². The van der Waals surface area contributed by atoms with E-state index in [-0.39, 0.29) is 31.1 Å². The number of hydrogen-bond donors (Lipinski definition) is 3. The van der Waals surface area contributed by atoms with Crippen LogP contribution in [0.4, 0.5) is 0 Å². The molecule has 5 aromatic rings. The molecule has 5 heteroatoms. The van der Waals surface area contributed by atoms with Crippen LogP contribution in [0.1, 0.15) is 12.5 Å². The highest BCUT2D eigenvalue weighted by atomic mass is 35.5. The summed E-state index contributed by atoms with van der Waals surface area (Å²) in [7, 11) is 0. The van der Waals surface area contributed by atoms with Crippen molar-refractivity contribution in [1.82, 2.24) is 5.32 Å². The van der Waals surface area contributed by atoms with Crippen LogP contribution in [0.15, 0.2) is 66.7 Å². The Labute approximate surface area is 181 Å². The van der Waals surface area contributed by atoms with Crippen molar-refractivity contribution in [2.45, 2.75) is 19.0 Å². The lowest BCUT2D eigenvalue weighted by Crippen LogP contribution is -2.48. The summed E-state index contributed by atoms with van der Waals surface area (Å²) < 4.78 is 0. The fraction of sp³-hybridized carbons (Fsp3) is 0.200. The molecule has 5 N–H and O–H groups in total. The molecule has 0 aliphatic rings. The Morgan fingerprint density at radius 2 is 1.20 bits per heavy atom. The van der Waals surface area contributed by atoms with E-state index in [4.69, 9.17) is 0 Å². The molecule has 0 aliphatic heterocycles. The van der Waals surface area contributed by atoms with Gasteiger partial charge in [-0.05, 0) is 55.6 Å². The van der Waals surface area contributed by atoms with Crippen LogP contribution >= 0.6 is 12.4 Å². The molecule has 30 heavy (non-hydrogen) atoms. The van der Waals surface area contributed by atoms with Crippen LogP contribution in [-0.2, 0) is 6.54 Å². The molecule has 0 aliphatic carbocycles. The number of fused-ring (bicyclic) bond motifs is 2. The first-order valence-corrected chi connectivity index (χ1v) is 9.69. The standard InChI is InChI=1S/C25H23NO2.ClH.H2O/c1-25(14-27,15-28)26-13-17-11-12-22-20-9-3-6-16-5-2-8-19(23(16)20)21-10-4-7-18(17)24(21)22;;/h2-12,26-28H,13-15H2,1H3;1H;1H2. The molecule has 5 rings (SSSR count). The Morgan fingerprint density at radius 1 is 0.700 bits per heavy atom. The number of rotatable bonds is 5. The molecule has 0 unspecified atom stereocenters. The summed E-state index contributed by atoms with van der Waals surface area (Å²) in [5, 5.41) is 32.7. The quantitative estimate of drug-likeness (QED) is 0.293. The smallest absolute Gasteiger partial charge is 0.0633 e. The number of aliphatic hydroxyl groups excluding tert-OH is 2. The largest absolute Gasteiger partial charge is 0.412 e. The van der Waals surface area contributed by atoms with E-state index < -0.39 is 5.54 Å². The Bertz CT molecular complexity index is 1260. The number of aliphatic hydroxyl groups is 2. The van der Waals surface area contributed by atoms with Crippen molar-refractivity contribution < 1.29 is 15.7 Å². The molecule has 0 heterocycles. The zero-order chi connectivity index (χ0) is 19.3. The fourth-order valence-corrected chi connectivity index (χ4v) is 4.33. The highest BCUT2D eigenvalue weighted by Gasteiger charge is 2.22. The maximum atomic E-state index is 9.58. The van der Waals surface area contributed by atoms with E-state index in [0.29, 0.717) is 6.54 Å². The van der Waals surface area contributed by atoms with Crippen molar-refractivity contribution >= 4 is 55.5 Å². The molecule has 0 saturated carbocycles. The van der Waals surface area contributed by atoms with Crippen molar-refractivity contribution in [2.24, 2.45) is 0 Å². The summed E-state index contributed by atoms with van der Waals surface area (Å²) in [4.78, 5) is 0. The number of nitrogens with one attached hydrogen (secondary N) is 1. The van der Waals surface area contributed by atoms with Gasteiger partial charge in [0.05, 0.1) is 18.8 Å². The maximum absolute atomic E-state index is 9.58.